The molecule has 0 atom stereocenters. The first kappa shape index (κ1) is 25.0. The van der Waals surface area contributed by atoms with E-state index in [0.717, 1.165) is 12.1 Å². The Morgan fingerprint density at radius 3 is 2.35 bits per heavy atom. The average Bonchev–Trinajstić information content (AvgIpc) is 2.75. The van der Waals surface area contributed by atoms with Gasteiger partial charge in [-0.25, -0.2) is 13.6 Å². The van der Waals surface area contributed by atoms with Gasteiger partial charge in [-0.1, -0.05) is 17.7 Å². The molecule has 0 bridgehead atoms. The second-order valence-electron chi connectivity index (χ2n) is 7.02. The third kappa shape index (κ3) is 6.48. The zero-order valence-electron chi connectivity index (χ0n) is 17.1. The first-order valence-corrected chi connectivity index (χ1v) is 11.3. The molecule has 0 aliphatic heterocycles. The van der Waals surface area contributed by atoms with Gasteiger partial charge in [0.25, 0.3) is 0 Å². The molecule has 12 heteroatoms. The number of hydrogen-bond acceptors (Lipinski definition) is 5. The molecule has 0 spiro atoms. The summed E-state index contributed by atoms with van der Waals surface area (Å²) in [4.78, 5) is 12.3. The van der Waals surface area contributed by atoms with E-state index in [1.54, 1.807) is 6.07 Å². The van der Waals surface area contributed by atoms with Crippen LogP contribution < -0.4 is 15.2 Å². The highest BCUT2D eigenvalue weighted by atomic mass is 35.5. The molecule has 0 saturated heterocycles. The number of nitrogens with two attached hydrogens (primary N) is 1. The number of rotatable bonds is 6. The first-order valence-electron chi connectivity index (χ1n) is 9.36. The van der Waals surface area contributed by atoms with Crippen LogP contribution in [0.5, 0.6) is 11.5 Å². The molecular formula is C22H15ClF3N3O4S. The Labute approximate surface area is 197 Å². The van der Waals surface area contributed by atoms with Crippen molar-refractivity contribution in [2.45, 2.75) is 17.5 Å². The fraction of sp³-hybridized carbons (Fsp3) is 0.0909. The summed E-state index contributed by atoms with van der Waals surface area (Å²) in [5.74, 6) is -0.708. The minimum absolute atomic E-state index is 0.00677. The monoisotopic (exact) mass is 509 g/mol. The van der Waals surface area contributed by atoms with E-state index in [2.05, 4.69) is 5.32 Å². The van der Waals surface area contributed by atoms with Crippen LogP contribution in [0.25, 0.3) is 0 Å². The van der Waals surface area contributed by atoms with Gasteiger partial charge >= 0.3 is 6.18 Å². The van der Waals surface area contributed by atoms with Gasteiger partial charge in [0.05, 0.1) is 33.5 Å². The fourth-order valence-electron chi connectivity index (χ4n) is 2.87. The molecule has 0 aliphatic rings. The maximum absolute atomic E-state index is 13.1. The van der Waals surface area contributed by atoms with Crippen molar-refractivity contribution in [1.82, 2.24) is 0 Å². The number of hydrogen-bond donors (Lipinski definition) is 2. The van der Waals surface area contributed by atoms with E-state index in [1.807, 2.05) is 0 Å². The molecule has 3 rings (SSSR count). The van der Waals surface area contributed by atoms with Crippen molar-refractivity contribution in [2.24, 2.45) is 5.14 Å². The number of alkyl halides is 3. The lowest BCUT2D eigenvalue weighted by molar-refractivity contribution is -0.137. The van der Waals surface area contributed by atoms with E-state index >= 15 is 0 Å². The molecule has 3 aromatic carbocycles. The van der Waals surface area contributed by atoms with Crippen LogP contribution >= 0.6 is 11.6 Å². The van der Waals surface area contributed by atoms with Gasteiger partial charge in [0, 0.05) is 5.69 Å². The van der Waals surface area contributed by atoms with Crippen molar-refractivity contribution in [3.05, 3.63) is 82.4 Å². The van der Waals surface area contributed by atoms with Gasteiger partial charge in [0.1, 0.15) is 11.5 Å². The lowest BCUT2D eigenvalue weighted by Gasteiger charge is -2.13. The number of nitrogens with zero attached hydrogens (tertiary/aromatic N) is 1. The minimum Gasteiger partial charge on any atom is -0.456 e. The molecule has 0 heterocycles. The van der Waals surface area contributed by atoms with Crippen LogP contribution in [0, 0.1) is 11.3 Å². The maximum Gasteiger partial charge on any atom is 0.416 e. The molecule has 0 fully saturated rings. The molecule has 3 aromatic rings. The molecule has 7 nitrogen and oxygen atoms in total. The van der Waals surface area contributed by atoms with Crippen molar-refractivity contribution in [3.63, 3.8) is 0 Å². The number of nitriles is 1. The number of amides is 1. The maximum atomic E-state index is 13.1. The van der Waals surface area contributed by atoms with E-state index in [4.69, 9.17) is 26.7 Å². The summed E-state index contributed by atoms with van der Waals surface area (Å²) in [6, 6.07) is 13.8. The van der Waals surface area contributed by atoms with E-state index in [9.17, 15) is 26.4 Å². The summed E-state index contributed by atoms with van der Waals surface area (Å²) in [5.41, 5.74) is -0.534. The highest BCUT2D eigenvalue weighted by Crippen LogP contribution is 2.36. The Bertz CT molecular complexity index is 1390. The van der Waals surface area contributed by atoms with Crippen LogP contribution in [-0.4, -0.2) is 14.3 Å². The molecule has 34 heavy (non-hydrogen) atoms. The number of ether oxygens (including phenoxy) is 1. The highest BCUT2D eigenvalue weighted by Gasteiger charge is 2.31. The van der Waals surface area contributed by atoms with Gasteiger partial charge in [-0.05, 0) is 60.2 Å². The van der Waals surface area contributed by atoms with E-state index in [-0.39, 0.29) is 33.4 Å². The van der Waals surface area contributed by atoms with Crippen LogP contribution in [0.1, 0.15) is 16.7 Å². The van der Waals surface area contributed by atoms with Gasteiger partial charge in [-0.15, -0.1) is 0 Å². The summed E-state index contributed by atoms with van der Waals surface area (Å²) in [6.45, 7) is 0. The summed E-state index contributed by atoms with van der Waals surface area (Å²) < 4.78 is 67.4. The van der Waals surface area contributed by atoms with Crippen LogP contribution in [0.4, 0.5) is 18.9 Å². The largest absolute Gasteiger partial charge is 0.456 e. The Morgan fingerprint density at radius 2 is 1.76 bits per heavy atom. The minimum atomic E-state index is -4.68. The molecule has 1 amide bonds. The lowest BCUT2D eigenvalue weighted by Crippen LogP contribution is -2.15. The van der Waals surface area contributed by atoms with Crippen molar-refractivity contribution in [2.75, 3.05) is 5.32 Å². The SMILES string of the molecule is N#Cc1cc(Oc2cc(CC(=O)Nc3ccc(S(N)(=O)=O)cc3)ccc2Cl)cc(C(F)(F)F)c1. The average molecular weight is 510 g/mol. The van der Waals surface area contributed by atoms with Gasteiger partial charge in [-0.3, -0.25) is 4.79 Å². The lowest BCUT2D eigenvalue weighted by atomic mass is 10.1. The van der Waals surface area contributed by atoms with Crippen molar-refractivity contribution < 1.29 is 31.1 Å². The summed E-state index contributed by atoms with van der Waals surface area (Å²) in [7, 11) is -3.87. The van der Waals surface area contributed by atoms with Crippen LogP contribution in [0.15, 0.2) is 65.6 Å². The normalized spacial score (nSPS) is 11.5. The smallest absolute Gasteiger partial charge is 0.416 e. The van der Waals surface area contributed by atoms with E-state index in [1.165, 1.54) is 42.5 Å². The van der Waals surface area contributed by atoms with Gasteiger partial charge < -0.3 is 10.1 Å². The zero-order chi connectivity index (χ0) is 25.1. The topological polar surface area (TPSA) is 122 Å². The number of primary sulfonamides is 1. The summed E-state index contributed by atoms with van der Waals surface area (Å²) in [6.07, 6.45) is -4.82. The first-order chi connectivity index (χ1) is 15.8. The fourth-order valence-corrected chi connectivity index (χ4v) is 3.54. The molecule has 0 unspecified atom stereocenters. The number of carbonyl (C=O) groups is 1. The molecule has 0 aliphatic carbocycles. The van der Waals surface area contributed by atoms with Crippen molar-refractivity contribution in [1.29, 1.82) is 5.26 Å². The Balaban J connectivity index is 1.77. The third-order valence-corrected chi connectivity index (χ3v) is 5.66. The van der Waals surface area contributed by atoms with E-state index < -0.39 is 27.7 Å². The molecular weight excluding hydrogens is 495 g/mol. The molecule has 0 aromatic heterocycles. The zero-order valence-corrected chi connectivity index (χ0v) is 18.6. The predicted octanol–water partition coefficient (Wildman–Crippen LogP) is 4.85. The number of benzene rings is 3. The second kappa shape index (κ2) is 9.72. The van der Waals surface area contributed by atoms with Crippen LogP contribution in [0.3, 0.4) is 0 Å². The Hall–Kier alpha value is -3.59. The predicted molar refractivity (Wildman–Crippen MR) is 118 cm³/mol. The third-order valence-electron chi connectivity index (χ3n) is 4.42. The van der Waals surface area contributed by atoms with Gasteiger partial charge in [0.15, 0.2) is 0 Å². The molecule has 3 N–H and O–H groups in total. The number of nitrogens with one attached hydrogen (secondary N) is 1. The second-order valence-corrected chi connectivity index (χ2v) is 8.99. The van der Waals surface area contributed by atoms with Gasteiger partial charge in [-0.2, -0.15) is 18.4 Å². The molecule has 0 saturated carbocycles. The number of halogens is 4. The number of carbonyl (C=O) groups excluding carboxylic acids is 1. The summed E-state index contributed by atoms with van der Waals surface area (Å²) >= 11 is 6.10. The van der Waals surface area contributed by atoms with Gasteiger partial charge in [0.2, 0.25) is 15.9 Å². The van der Waals surface area contributed by atoms with Crippen LogP contribution in [-0.2, 0) is 27.4 Å². The highest BCUT2D eigenvalue weighted by molar-refractivity contribution is 7.89. The van der Waals surface area contributed by atoms with E-state index in [0.29, 0.717) is 17.3 Å². The molecule has 0 radical (unpaired) electrons. The Kier molecular flexibility index (Phi) is 7.16. The standard InChI is InChI=1S/C22H15ClF3N3O4S/c23-19-6-1-13(10-21(30)29-16-2-4-18(5-3-16)34(28,31)32)9-20(19)33-17-8-14(12-27)7-15(11-17)22(24,25)26/h1-9,11H,10H2,(H,29,30)(H2,28,31,32). The molecule has 176 valence electrons. The Morgan fingerprint density at radius 1 is 1.09 bits per heavy atom. The number of anilines is 1. The van der Waals surface area contributed by atoms with Crippen molar-refractivity contribution in [3.8, 4) is 17.6 Å². The number of sulfonamides is 1. The van der Waals surface area contributed by atoms with Crippen LogP contribution in [0.2, 0.25) is 5.02 Å². The summed E-state index contributed by atoms with van der Waals surface area (Å²) in [5, 5.41) is 16.7. The van der Waals surface area contributed by atoms with Crippen molar-refractivity contribution >= 4 is 33.2 Å². The quantitative estimate of drug-likeness (QED) is 0.491.